The van der Waals surface area contributed by atoms with Crippen LogP contribution in [0.3, 0.4) is 0 Å². The molecule has 0 fully saturated rings. The molecule has 1 heteroatoms. The van der Waals surface area contributed by atoms with Gasteiger partial charge in [-0.2, -0.15) is 0 Å². The van der Waals surface area contributed by atoms with Crippen molar-refractivity contribution in [2.45, 2.75) is 46.0 Å². The van der Waals surface area contributed by atoms with Crippen LogP contribution in [0.25, 0.3) is 5.57 Å². The molecule has 0 saturated heterocycles. The largest absolute Gasteiger partial charge is 0.0766 e. The number of aryl methyl sites for hydroxylation is 2. The Labute approximate surface area is 100 Å². The van der Waals surface area contributed by atoms with Crippen molar-refractivity contribution in [1.29, 1.82) is 0 Å². The minimum absolute atomic E-state index is 0.990. The molecular formula is C15H22Si. The third-order valence-corrected chi connectivity index (χ3v) is 4.80. The van der Waals surface area contributed by atoms with Crippen molar-refractivity contribution in [3.63, 3.8) is 0 Å². The Kier molecular flexibility index (Phi) is 2.83. The Hall–Kier alpha value is -0.823. The average Bonchev–Trinajstić information content (AvgIpc) is 2.47. The van der Waals surface area contributed by atoms with Crippen molar-refractivity contribution in [2.75, 3.05) is 0 Å². The van der Waals surface area contributed by atoms with Crippen LogP contribution in [0.2, 0.25) is 25.7 Å². The van der Waals surface area contributed by atoms with Gasteiger partial charge >= 0.3 is 0 Å². The standard InChI is InChI=1S/C15H22Si/c1-11-8-13-6-7-14(10-16(3,4)5)15(13)9-12(11)2/h7-9H,6,10H2,1-5H3. The molecule has 0 spiro atoms. The summed E-state index contributed by atoms with van der Waals surface area (Å²) < 4.78 is 0. The zero-order valence-electron chi connectivity index (χ0n) is 11.1. The van der Waals surface area contributed by atoms with E-state index in [-0.39, 0.29) is 0 Å². The highest BCUT2D eigenvalue weighted by Crippen LogP contribution is 2.35. The SMILES string of the molecule is Cc1cc2c(cc1C)C(C[Si](C)(C)C)=CC2. The first-order valence-electron chi connectivity index (χ1n) is 6.16. The summed E-state index contributed by atoms with van der Waals surface area (Å²) in [6.07, 6.45) is 3.60. The Morgan fingerprint density at radius 1 is 1.06 bits per heavy atom. The molecule has 1 aromatic rings. The molecule has 0 aromatic heterocycles. The van der Waals surface area contributed by atoms with Gasteiger partial charge in [0.05, 0.1) is 0 Å². The zero-order chi connectivity index (χ0) is 11.9. The second-order valence-corrected chi connectivity index (χ2v) is 11.7. The van der Waals surface area contributed by atoms with Gasteiger partial charge in [0, 0.05) is 8.07 Å². The second-order valence-electron chi connectivity index (χ2n) is 6.26. The van der Waals surface area contributed by atoms with Crippen molar-refractivity contribution in [1.82, 2.24) is 0 Å². The van der Waals surface area contributed by atoms with E-state index in [0.29, 0.717) is 0 Å². The maximum Gasteiger partial charge on any atom is 0.0487 e. The van der Waals surface area contributed by atoms with Crippen molar-refractivity contribution in [2.24, 2.45) is 0 Å². The maximum atomic E-state index is 2.45. The summed E-state index contributed by atoms with van der Waals surface area (Å²) in [7, 11) is -0.990. The molecule has 0 saturated carbocycles. The van der Waals surface area contributed by atoms with Crippen LogP contribution in [0.1, 0.15) is 22.3 Å². The van der Waals surface area contributed by atoms with Crippen LogP contribution >= 0.6 is 0 Å². The van der Waals surface area contributed by atoms with Crippen LogP contribution in [0.15, 0.2) is 18.2 Å². The summed E-state index contributed by atoms with van der Waals surface area (Å²) in [5, 5.41) is 0. The predicted molar refractivity (Wildman–Crippen MR) is 75.8 cm³/mol. The first-order chi connectivity index (χ1) is 7.37. The van der Waals surface area contributed by atoms with E-state index >= 15 is 0 Å². The summed E-state index contributed by atoms with van der Waals surface area (Å²) in [4.78, 5) is 0. The average molecular weight is 230 g/mol. The van der Waals surface area contributed by atoms with Crippen LogP contribution in [-0.2, 0) is 6.42 Å². The molecule has 0 bridgehead atoms. The van der Waals surface area contributed by atoms with Crippen LogP contribution in [-0.4, -0.2) is 8.07 Å². The normalized spacial score (nSPS) is 14.9. The first-order valence-corrected chi connectivity index (χ1v) is 9.87. The van der Waals surface area contributed by atoms with Gasteiger partial charge in [-0.05, 0) is 54.1 Å². The van der Waals surface area contributed by atoms with Gasteiger partial charge in [-0.1, -0.05) is 37.8 Å². The van der Waals surface area contributed by atoms with E-state index in [1.807, 2.05) is 0 Å². The molecule has 0 N–H and O–H groups in total. The lowest BCUT2D eigenvalue weighted by Crippen LogP contribution is -2.19. The summed E-state index contributed by atoms with van der Waals surface area (Å²) in [6.45, 7) is 11.8. The summed E-state index contributed by atoms with van der Waals surface area (Å²) in [6, 6.07) is 6.09. The molecule has 0 heterocycles. The molecular weight excluding hydrogens is 208 g/mol. The van der Waals surface area contributed by atoms with Crippen LogP contribution in [0, 0.1) is 13.8 Å². The van der Waals surface area contributed by atoms with E-state index in [9.17, 15) is 0 Å². The number of allylic oxidation sites excluding steroid dienone is 2. The minimum Gasteiger partial charge on any atom is -0.0766 e. The van der Waals surface area contributed by atoms with Crippen molar-refractivity contribution < 1.29 is 0 Å². The quantitative estimate of drug-likeness (QED) is 0.652. The van der Waals surface area contributed by atoms with E-state index < -0.39 is 8.07 Å². The highest BCUT2D eigenvalue weighted by Gasteiger charge is 2.21. The molecule has 1 aromatic carbocycles. The van der Waals surface area contributed by atoms with E-state index in [1.54, 1.807) is 5.57 Å². The number of benzene rings is 1. The van der Waals surface area contributed by atoms with Crippen molar-refractivity contribution in [3.05, 3.63) is 40.5 Å². The van der Waals surface area contributed by atoms with Crippen LogP contribution in [0.5, 0.6) is 0 Å². The number of hydrogen-bond acceptors (Lipinski definition) is 0. The molecule has 0 radical (unpaired) electrons. The van der Waals surface area contributed by atoms with Gasteiger partial charge in [0.2, 0.25) is 0 Å². The summed E-state index contributed by atoms with van der Waals surface area (Å²) >= 11 is 0. The molecule has 0 amide bonds. The predicted octanol–water partition coefficient (Wildman–Crippen LogP) is 4.58. The van der Waals surface area contributed by atoms with Gasteiger partial charge in [0.1, 0.15) is 0 Å². The summed E-state index contributed by atoms with van der Waals surface area (Å²) in [5.74, 6) is 0. The van der Waals surface area contributed by atoms with Gasteiger partial charge in [-0.25, -0.2) is 0 Å². The van der Waals surface area contributed by atoms with Crippen LogP contribution < -0.4 is 0 Å². The fraction of sp³-hybridized carbons (Fsp3) is 0.467. The molecule has 0 unspecified atom stereocenters. The van der Waals surface area contributed by atoms with Crippen molar-refractivity contribution >= 4 is 13.6 Å². The lowest BCUT2D eigenvalue weighted by atomic mass is 9.99. The number of fused-ring (bicyclic) bond motifs is 1. The highest BCUT2D eigenvalue weighted by molar-refractivity contribution is 6.77. The molecule has 2 rings (SSSR count). The third-order valence-electron chi connectivity index (χ3n) is 3.35. The molecule has 1 aliphatic rings. The maximum absolute atomic E-state index is 2.45. The molecule has 0 nitrogen and oxygen atoms in total. The number of hydrogen-bond donors (Lipinski definition) is 0. The molecule has 0 atom stereocenters. The molecule has 0 aliphatic heterocycles. The lowest BCUT2D eigenvalue weighted by molar-refractivity contribution is 1.24. The molecule has 16 heavy (non-hydrogen) atoms. The number of rotatable bonds is 2. The first kappa shape index (κ1) is 11.7. The van der Waals surface area contributed by atoms with Crippen LogP contribution in [0.4, 0.5) is 0 Å². The van der Waals surface area contributed by atoms with E-state index in [1.165, 1.54) is 28.3 Å². The minimum atomic E-state index is -0.990. The van der Waals surface area contributed by atoms with Gasteiger partial charge in [0.15, 0.2) is 0 Å². The fourth-order valence-corrected chi connectivity index (χ4v) is 3.90. The summed E-state index contributed by atoms with van der Waals surface area (Å²) in [5.41, 5.74) is 7.54. The smallest absolute Gasteiger partial charge is 0.0487 e. The Morgan fingerprint density at radius 2 is 1.69 bits per heavy atom. The van der Waals surface area contributed by atoms with Gasteiger partial charge in [-0.15, -0.1) is 0 Å². The Balaban J connectivity index is 2.35. The Bertz CT molecular complexity index is 447. The van der Waals surface area contributed by atoms with E-state index in [2.05, 4.69) is 51.7 Å². The zero-order valence-corrected chi connectivity index (χ0v) is 12.1. The van der Waals surface area contributed by atoms with Gasteiger partial charge in [-0.3, -0.25) is 0 Å². The topological polar surface area (TPSA) is 0 Å². The third kappa shape index (κ3) is 2.30. The second kappa shape index (κ2) is 3.88. The van der Waals surface area contributed by atoms with E-state index in [0.717, 1.165) is 6.42 Å². The van der Waals surface area contributed by atoms with Gasteiger partial charge in [0.25, 0.3) is 0 Å². The van der Waals surface area contributed by atoms with Crippen molar-refractivity contribution in [3.8, 4) is 0 Å². The molecule has 86 valence electrons. The van der Waals surface area contributed by atoms with E-state index in [4.69, 9.17) is 0 Å². The Morgan fingerprint density at radius 3 is 2.31 bits per heavy atom. The lowest BCUT2D eigenvalue weighted by Gasteiger charge is -2.18. The highest BCUT2D eigenvalue weighted by atomic mass is 28.3. The fourth-order valence-electron chi connectivity index (χ4n) is 2.43. The monoisotopic (exact) mass is 230 g/mol. The molecule has 1 aliphatic carbocycles. The van der Waals surface area contributed by atoms with Gasteiger partial charge < -0.3 is 0 Å².